The SMILES string of the molecule is C[C@H](Sc1nnc(CN2CCCC2=O)n1-c1ccccn1)C(=O)Nc1cc(Cl)ccc1Cl. The van der Waals surface area contributed by atoms with Crippen molar-refractivity contribution >= 4 is 52.5 Å². The van der Waals surface area contributed by atoms with Gasteiger partial charge < -0.3 is 10.2 Å². The first-order valence-electron chi connectivity index (χ1n) is 9.98. The Labute approximate surface area is 199 Å². The van der Waals surface area contributed by atoms with Gasteiger partial charge >= 0.3 is 0 Å². The first-order valence-corrected chi connectivity index (χ1v) is 11.6. The van der Waals surface area contributed by atoms with Crippen LogP contribution in [-0.4, -0.2) is 48.3 Å². The summed E-state index contributed by atoms with van der Waals surface area (Å²) in [7, 11) is 0. The Kier molecular flexibility index (Phi) is 6.98. The molecule has 1 aliphatic heterocycles. The van der Waals surface area contributed by atoms with Crippen LogP contribution in [0, 0.1) is 0 Å². The number of anilines is 1. The Hall–Kier alpha value is -2.62. The molecular weight excluding hydrogens is 471 g/mol. The van der Waals surface area contributed by atoms with Gasteiger partial charge in [-0.15, -0.1) is 10.2 Å². The van der Waals surface area contributed by atoms with Crippen molar-refractivity contribution in [2.24, 2.45) is 0 Å². The van der Waals surface area contributed by atoms with Gasteiger partial charge in [-0.3, -0.25) is 14.2 Å². The number of thioether (sulfide) groups is 1. The van der Waals surface area contributed by atoms with Crippen LogP contribution in [0.3, 0.4) is 0 Å². The minimum Gasteiger partial charge on any atom is -0.335 e. The van der Waals surface area contributed by atoms with Gasteiger partial charge in [-0.05, 0) is 43.7 Å². The van der Waals surface area contributed by atoms with E-state index in [1.165, 1.54) is 11.8 Å². The van der Waals surface area contributed by atoms with E-state index in [1.54, 1.807) is 40.8 Å². The zero-order chi connectivity index (χ0) is 22.7. The van der Waals surface area contributed by atoms with E-state index in [-0.39, 0.29) is 11.8 Å². The monoisotopic (exact) mass is 490 g/mol. The summed E-state index contributed by atoms with van der Waals surface area (Å²) in [5.74, 6) is 1.05. The molecule has 1 atom stereocenters. The van der Waals surface area contributed by atoms with Crippen molar-refractivity contribution in [1.29, 1.82) is 0 Å². The predicted molar refractivity (Wildman–Crippen MR) is 124 cm³/mol. The maximum absolute atomic E-state index is 12.8. The molecule has 3 aromatic rings. The highest BCUT2D eigenvalue weighted by Gasteiger charge is 2.26. The number of carbonyl (C=O) groups is 2. The summed E-state index contributed by atoms with van der Waals surface area (Å²) in [5.41, 5.74) is 0.441. The van der Waals surface area contributed by atoms with Gasteiger partial charge in [0, 0.05) is 24.2 Å². The minimum absolute atomic E-state index is 0.0981. The lowest BCUT2D eigenvalue weighted by atomic mass is 10.3. The highest BCUT2D eigenvalue weighted by molar-refractivity contribution is 8.00. The summed E-state index contributed by atoms with van der Waals surface area (Å²) >= 11 is 13.4. The van der Waals surface area contributed by atoms with Crippen LogP contribution in [0.4, 0.5) is 5.69 Å². The molecule has 2 amide bonds. The molecule has 2 aromatic heterocycles. The van der Waals surface area contributed by atoms with E-state index in [1.807, 2.05) is 18.2 Å². The highest BCUT2D eigenvalue weighted by Crippen LogP contribution is 2.29. The van der Waals surface area contributed by atoms with Crippen LogP contribution in [0.15, 0.2) is 47.8 Å². The molecule has 0 unspecified atom stereocenters. The lowest BCUT2D eigenvalue weighted by Crippen LogP contribution is -2.26. The summed E-state index contributed by atoms with van der Waals surface area (Å²) in [6, 6.07) is 10.4. The van der Waals surface area contributed by atoms with Crippen molar-refractivity contribution in [3.05, 3.63) is 58.5 Å². The fourth-order valence-corrected chi connectivity index (χ4v) is 4.49. The van der Waals surface area contributed by atoms with Gasteiger partial charge in [-0.1, -0.05) is 41.0 Å². The molecule has 0 aliphatic carbocycles. The summed E-state index contributed by atoms with van der Waals surface area (Å²) in [5, 5.41) is 12.3. The van der Waals surface area contributed by atoms with Crippen molar-refractivity contribution in [3.8, 4) is 5.82 Å². The zero-order valence-corrected chi connectivity index (χ0v) is 19.5. The molecule has 1 saturated heterocycles. The number of hydrogen-bond acceptors (Lipinski definition) is 6. The molecule has 1 aliphatic rings. The van der Waals surface area contributed by atoms with E-state index in [4.69, 9.17) is 23.2 Å². The maximum atomic E-state index is 12.8. The normalized spacial score (nSPS) is 14.6. The van der Waals surface area contributed by atoms with E-state index in [9.17, 15) is 9.59 Å². The van der Waals surface area contributed by atoms with Crippen LogP contribution < -0.4 is 5.32 Å². The number of carbonyl (C=O) groups excluding carboxylic acids is 2. The first kappa shape index (κ1) is 22.6. The molecule has 1 N–H and O–H groups in total. The standard InChI is InChI=1S/C21H20Cl2N6O2S/c1-13(20(31)25-16-11-14(22)7-8-15(16)23)32-21-27-26-18(12-28-10-4-6-19(28)30)29(21)17-5-2-3-9-24-17/h2-3,5,7-9,11,13H,4,6,10,12H2,1H3,(H,25,31)/t13-/m0/s1. The lowest BCUT2D eigenvalue weighted by molar-refractivity contribution is -0.128. The van der Waals surface area contributed by atoms with E-state index in [0.717, 1.165) is 6.42 Å². The van der Waals surface area contributed by atoms with Crippen molar-refractivity contribution in [3.63, 3.8) is 0 Å². The van der Waals surface area contributed by atoms with Crippen LogP contribution in [0.2, 0.25) is 10.0 Å². The Morgan fingerprint density at radius 1 is 1.25 bits per heavy atom. The number of pyridine rings is 1. The lowest BCUT2D eigenvalue weighted by Gasteiger charge is -2.17. The Bertz CT molecular complexity index is 1140. The molecule has 0 saturated carbocycles. The number of hydrogen-bond donors (Lipinski definition) is 1. The molecular formula is C21H20Cl2N6O2S. The van der Waals surface area contributed by atoms with E-state index < -0.39 is 5.25 Å². The second-order valence-electron chi connectivity index (χ2n) is 7.21. The highest BCUT2D eigenvalue weighted by atomic mass is 35.5. The largest absolute Gasteiger partial charge is 0.335 e. The Morgan fingerprint density at radius 3 is 2.81 bits per heavy atom. The third-order valence-electron chi connectivity index (χ3n) is 4.92. The molecule has 0 bridgehead atoms. The summed E-state index contributed by atoms with van der Waals surface area (Å²) in [6.45, 7) is 2.79. The average Bonchev–Trinajstić information content (AvgIpc) is 3.37. The van der Waals surface area contributed by atoms with Gasteiger partial charge in [0.1, 0.15) is 5.82 Å². The Balaban J connectivity index is 1.56. The third-order valence-corrected chi connectivity index (χ3v) is 6.53. The summed E-state index contributed by atoms with van der Waals surface area (Å²) in [6.07, 6.45) is 3.05. The number of aromatic nitrogens is 4. The quantitative estimate of drug-likeness (QED) is 0.498. The van der Waals surface area contributed by atoms with Crippen LogP contribution >= 0.6 is 35.0 Å². The molecule has 8 nitrogen and oxygen atoms in total. The smallest absolute Gasteiger partial charge is 0.237 e. The van der Waals surface area contributed by atoms with Crippen molar-refractivity contribution in [2.45, 2.75) is 36.7 Å². The first-order chi connectivity index (χ1) is 15.4. The molecule has 0 radical (unpaired) electrons. The summed E-state index contributed by atoms with van der Waals surface area (Å²) in [4.78, 5) is 31.1. The van der Waals surface area contributed by atoms with E-state index in [0.29, 0.717) is 52.0 Å². The van der Waals surface area contributed by atoms with Crippen LogP contribution in [0.5, 0.6) is 0 Å². The van der Waals surface area contributed by atoms with Gasteiger partial charge in [0.15, 0.2) is 11.0 Å². The van der Waals surface area contributed by atoms with Gasteiger partial charge in [0.2, 0.25) is 11.8 Å². The number of rotatable bonds is 7. The zero-order valence-electron chi connectivity index (χ0n) is 17.2. The molecule has 11 heteroatoms. The average molecular weight is 491 g/mol. The third kappa shape index (κ3) is 5.06. The fourth-order valence-electron chi connectivity index (χ4n) is 3.28. The molecule has 32 heavy (non-hydrogen) atoms. The van der Waals surface area contributed by atoms with Gasteiger partial charge in [0.05, 0.1) is 22.5 Å². The Morgan fingerprint density at radius 2 is 2.09 bits per heavy atom. The van der Waals surface area contributed by atoms with Gasteiger partial charge in [0.25, 0.3) is 0 Å². The molecule has 3 heterocycles. The topological polar surface area (TPSA) is 93.0 Å². The molecule has 166 valence electrons. The second kappa shape index (κ2) is 9.89. The maximum Gasteiger partial charge on any atom is 0.237 e. The van der Waals surface area contributed by atoms with Crippen molar-refractivity contribution in [1.82, 2.24) is 24.6 Å². The second-order valence-corrected chi connectivity index (χ2v) is 9.37. The number of nitrogens with one attached hydrogen (secondary N) is 1. The number of nitrogens with zero attached hydrogens (tertiary/aromatic N) is 5. The van der Waals surface area contributed by atoms with Crippen molar-refractivity contribution in [2.75, 3.05) is 11.9 Å². The van der Waals surface area contributed by atoms with Crippen LogP contribution in [0.25, 0.3) is 5.82 Å². The fraction of sp³-hybridized carbons (Fsp3) is 0.286. The van der Waals surface area contributed by atoms with Gasteiger partial charge in [-0.2, -0.15) is 0 Å². The van der Waals surface area contributed by atoms with Crippen LogP contribution in [0.1, 0.15) is 25.6 Å². The molecule has 4 rings (SSSR count). The summed E-state index contributed by atoms with van der Waals surface area (Å²) < 4.78 is 1.78. The minimum atomic E-state index is -0.516. The van der Waals surface area contributed by atoms with Crippen LogP contribution in [-0.2, 0) is 16.1 Å². The number of amides is 2. The number of halogens is 2. The number of benzene rings is 1. The van der Waals surface area contributed by atoms with Crippen molar-refractivity contribution < 1.29 is 9.59 Å². The predicted octanol–water partition coefficient (Wildman–Crippen LogP) is 4.21. The van der Waals surface area contributed by atoms with E-state index in [2.05, 4.69) is 20.5 Å². The number of likely N-dealkylation sites (tertiary alicyclic amines) is 1. The molecule has 1 fully saturated rings. The van der Waals surface area contributed by atoms with E-state index >= 15 is 0 Å². The van der Waals surface area contributed by atoms with Gasteiger partial charge in [-0.25, -0.2) is 4.98 Å². The molecule has 1 aromatic carbocycles. The molecule has 0 spiro atoms.